The lowest BCUT2D eigenvalue weighted by molar-refractivity contribution is 0.449. The van der Waals surface area contributed by atoms with Crippen LogP contribution in [0.15, 0.2) is 84.9 Å². The van der Waals surface area contributed by atoms with E-state index < -0.39 is 0 Å². The zero-order valence-corrected chi connectivity index (χ0v) is 29.3. The van der Waals surface area contributed by atoms with Crippen LogP contribution < -0.4 is 0 Å². The zero-order valence-electron chi connectivity index (χ0n) is 29.3. The predicted octanol–water partition coefficient (Wildman–Crippen LogP) is 14.1. The molecule has 0 bridgehead atoms. The number of aryl methyl sites for hydroxylation is 2. The van der Waals surface area contributed by atoms with Crippen molar-refractivity contribution in [3.05, 3.63) is 107 Å². The molecule has 0 aliphatic rings. The molecule has 6 rings (SSSR count). The number of hydrogen-bond acceptors (Lipinski definition) is 0. The Hall–Kier alpha value is -3.64. The van der Waals surface area contributed by atoms with Gasteiger partial charge >= 0.3 is 0 Å². The van der Waals surface area contributed by atoms with Gasteiger partial charge in [-0.2, -0.15) is 0 Å². The van der Waals surface area contributed by atoms with E-state index >= 15 is 0 Å². The third-order valence-electron chi connectivity index (χ3n) is 10.9. The Labute approximate surface area is 278 Å². The monoisotopic (exact) mass is 606 g/mol. The van der Waals surface area contributed by atoms with Crippen molar-refractivity contribution < 1.29 is 0 Å². The van der Waals surface area contributed by atoms with Crippen molar-refractivity contribution in [2.75, 3.05) is 0 Å². The maximum atomic E-state index is 2.60. The van der Waals surface area contributed by atoms with Crippen molar-refractivity contribution in [1.29, 1.82) is 0 Å². The lowest BCUT2D eigenvalue weighted by Crippen LogP contribution is -2.07. The standard InChI is InChI=1S/C46H54/c1-7-11-17-33(9-3)25-37-23-31(5)24-43-38(26-34(10-4)18-12-8-2)27-39(30-44(37)43)46-41-22-16-15-21-40(41)32(6)42-28-35-19-13-14-20-36(35)29-45(42)46/h13-16,19-24,27-30,33-34H,7-12,17-18,25-26H2,1-6H3. The quantitative estimate of drug-likeness (QED) is 0.115. The average Bonchev–Trinajstić information content (AvgIpc) is 3.08. The largest absolute Gasteiger partial charge is 0.0654 e. The zero-order chi connectivity index (χ0) is 32.2. The lowest BCUT2D eigenvalue weighted by atomic mass is 9.82. The summed E-state index contributed by atoms with van der Waals surface area (Å²) in [6.07, 6.45) is 12.6. The Morgan fingerprint density at radius 2 is 1.04 bits per heavy atom. The first-order valence-electron chi connectivity index (χ1n) is 18.4. The van der Waals surface area contributed by atoms with Crippen molar-refractivity contribution in [2.24, 2.45) is 11.8 Å². The second kappa shape index (κ2) is 14.4. The van der Waals surface area contributed by atoms with Gasteiger partial charge in [-0.15, -0.1) is 0 Å². The molecule has 0 N–H and O–H groups in total. The molecule has 0 fully saturated rings. The SMILES string of the molecule is CCCCC(CC)Cc1cc(-c2c3ccccc3c(C)c3cc4ccccc4cc23)cc2c(CC(CC)CCCC)cc(C)cc12. The van der Waals surface area contributed by atoms with Crippen LogP contribution in [-0.4, -0.2) is 0 Å². The highest BCUT2D eigenvalue weighted by molar-refractivity contribution is 6.18. The molecule has 2 unspecified atom stereocenters. The summed E-state index contributed by atoms with van der Waals surface area (Å²) in [6.45, 7) is 14.1. The van der Waals surface area contributed by atoms with E-state index in [0.717, 1.165) is 12.3 Å². The highest BCUT2D eigenvalue weighted by Crippen LogP contribution is 2.43. The number of unbranched alkanes of at least 4 members (excludes halogenated alkanes) is 2. The maximum Gasteiger partial charge on any atom is -0.00261 e. The first-order chi connectivity index (χ1) is 22.4. The first kappa shape index (κ1) is 32.3. The minimum Gasteiger partial charge on any atom is -0.0654 e. The van der Waals surface area contributed by atoms with Crippen LogP contribution >= 0.6 is 0 Å². The Bertz CT molecular complexity index is 1970. The van der Waals surface area contributed by atoms with Crippen LogP contribution in [0.1, 0.15) is 101 Å². The summed E-state index contributed by atoms with van der Waals surface area (Å²) >= 11 is 0. The fraction of sp³-hybridized carbons (Fsp3) is 0.391. The molecule has 0 nitrogen and oxygen atoms in total. The van der Waals surface area contributed by atoms with Gasteiger partial charge in [0.05, 0.1) is 0 Å². The minimum atomic E-state index is 0.714. The second-order valence-electron chi connectivity index (χ2n) is 14.2. The van der Waals surface area contributed by atoms with Gasteiger partial charge in [0.25, 0.3) is 0 Å². The van der Waals surface area contributed by atoms with Gasteiger partial charge in [0.15, 0.2) is 0 Å². The molecule has 6 aromatic carbocycles. The highest BCUT2D eigenvalue weighted by atomic mass is 14.2. The van der Waals surface area contributed by atoms with E-state index in [1.165, 1.54) is 123 Å². The van der Waals surface area contributed by atoms with E-state index in [1.807, 2.05) is 0 Å². The van der Waals surface area contributed by atoms with E-state index in [4.69, 9.17) is 0 Å². The lowest BCUT2D eigenvalue weighted by Gasteiger charge is -2.22. The molecule has 0 spiro atoms. The van der Waals surface area contributed by atoms with Gasteiger partial charge in [-0.05, 0) is 128 Å². The molecule has 0 aliphatic carbocycles. The van der Waals surface area contributed by atoms with Crippen LogP contribution in [0, 0.1) is 25.7 Å². The molecule has 0 aliphatic heterocycles. The molecule has 238 valence electrons. The molecule has 0 saturated heterocycles. The fourth-order valence-corrected chi connectivity index (χ4v) is 8.15. The Morgan fingerprint density at radius 3 is 1.65 bits per heavy atom. The van der Waals surface area contributed by atoms with E-state index in [1.54, 1.807) is 11.1 Å². The van der Waals surface area contributed by atoms with Crippen LogP contribution in [0.3, 0.4) is 0 Å². The van der Waals surface area contributed by atoms with E-state index in [-0.39, 0.29) is 0 Å². The van der Waals surface area contributed by atoms with Gasteiger partial charge in [0, 0.05) is 0 Å². The summed E-state index contributed by atoms with van der Waals surface area (Å²) in [4.78, 5) is 0. The summed E-state index contributed by atoms with van der Waals surface area (Å²) in [6, 6.07) is 33.1. The normalized spacial score (nSPS) is 13.3. The van der Waals surface area contributed by atoms with Crippen molar-refractivity contribution in [2.45, 2.75) is 106 Å². The predicted molar refractivity (Wildman–Crippen MR) is 205 cm³/mol. The minimum absolute atomic E-state index is 0.714. The number of benzene rings is 6. The van der Waals surface area contributed by atoms with Crippen molar-refractivity contribution in [3.63, 3.8) is 0 Å². The summed E-state index contributed by atoms with van der Waals surface area (Å²) in [5.41, 5.74) is 8.66. The van der Waals surface area contributed by atoms with Gasteiger partial charge in [0.2, 0.25) is 0 Å². The first-order valence-corrected chi connectivity index (χ1v) is 18.4. The van der Waals surface area contributed by atoms with Gasteiger partial charge in [0.1, 0.15) is 0 Å². The van der Waals surface area contributed by atoms with Crippen molar-refractivity contribution in [3.8, 4) is 11.1 Å². The third-order valence-corrected chi connectivity index (χ3v) is 10.9. The van der Waals surface area contributed by atoms with Crippen LogP contribution in [0.4, 0.5) is 0 Å². The molecule has 0 aromatic heterocycles. The van der Waals surface area contributed by atoms with Gasteiger partial charge in [-0.3, -0.25) is 0 Å². The molecular formula is C46H54. The van der Waals surface area contributed by atoms with Crippen LogP contribution in [0.25, 0.3) is 54.2 Å². The molecule has 2 atom stereocenters. The van der Waals surface area contributed by atoms with E-state index in [0.29, 0.717) is 5.92 Å². The molecule has 46 heavy (non-hydrogen) atoms. The molecule has 0 radical (unpaired) electrons. The van der Waals surface area contributed by atoms with E-state index in [2.05, 4.69) is 126 Å². The third kappa shape index (κ3) is 6.46. The van der Waals surface area contributed by atoms with Crippen molar-refractivity contribution >= 4 is 43.1 Å². The molecule has 0 heteroatoms. The summed E-state index contributed by atoms with van der Waals surface area (Å²) in [7, 11) is 0. The summed E-state index contributed by atoms with van der Waals surface area (Å²) in [5, 5.41) is 11.1. The molecular weight excluding hydrogens is 553 g/mol. The number of rotatable bonds is 13. The van der Waals surface area contributed by atoms with Crippen LogP contribution in [0.2, 0.25) is 0 Å². The number of fused-ring (bicyclic) bond motifs is 4. The Kier molecular flexibility index (Phi) is 10.1. The summed E-state index contributed by atoms with van der Waals surface area (Å²) in [5.74, 6) is 1.45. The Balaban J connectivity index is 1.67. The second-order valence-corrected chi connectivity index (χ2v) is 14.2. The number of hydrogen-bond donors (Lipinski definition) is 0. The van der Waals surface area contributed by atoms with Crippen LogP contribution in [-0.2, 0) is 12.8 Å². The maximum absolute atomic E-state index is 2.60. The average molecular weight is 607 g/mol. The van der Waals surface area contributed by atoms with Crippen molar-refractivity contribution in [1.82, 2.24) is 0 Å². The molecule has 0 heterocycles. The smallest absolute Gasteiger partial charge is 0.00261 e. The van der Waals surface area contributed by atoms with Crippen LogP contribution in [0.5, 0.6) is 0 Å². The van der Waals surface area contributed by atoms with Gasteiger partial charge in [-0.1, -0.05) is 151 Å². The molecule has 6 aromatic rings. The molecule has 0 amide bonds. The topological polar surface area (TPSA) is 0 Å². The van der Waals surface area contributed by atoms with Gasteiger partial charge < -0.3 is 0 Å². The Morgan fingerprint density at radius 1 is 0.500 bits per heavy atom. The highest BCUT2D eigenvalue weighted by Gasteiger charge is 2.20. The van der Waals surface area contributed by atoms with E-state index in [9.17, 15) is 0 Å². The summed E-state index contributed by atoms with van der Waals surface area (Å²) < 4.78 is 0. The molecule has 0 saturated carbocycles. The fourth-order valence-electron chi connectivity index (χ4n) is 8.15. The van der Waals surface area contributed by atoms with Gasteiger partial charge in [-0.25, -0.2) is 0 Å².